The number of carbonyl (C=O) groups excluding carboxylic acids is 2. The van der Waals surface area contributed by atoms with Gasteiger partial charge >= 0.3 is 0 Å². The average molecular weight is 185 g/mol. The van der Waals surface area contributed by atoms with Gasteiger partial charge in [-0.3, -0.25) is 9.59 Å². The van der Waals surface area contributed by atoms with Crippen LogP contribution in [0.4, 0.5) is 0 Å². The third kappa shape index (κ3) is 3.02. The first-order chi connectivity index (χ1) is 6.24. The Balaban J connectivity index is 2.32. The van der Waals surface area contributed by atoms with Crippen molar-refractivity contribution >= 4 is 11.8 Å². The first-order valence-electron chi connectivity index (χ1n) is 4.43. The van der Waals surface area contributed by atoms with Gasteiger partial charge in [-0.1, -0.05) is 0 Å². The van der Waals surface area contributed by atoms with Gasteiger partial charge in [-0.15, -0.1) is 0 Å². The van der Waals surface area contributed by atoms with Crippen LogP contribution in [0, 0.1) is 0 Å². The minimum Gasteiger partial charge on any atom is -0.353 e. The van der Waals surface area contributed by atoms with E-state index < -0.39 is 0 Å². The molecule has 0 saturated carbocycles. The second-order valence-corrected chi connectivity index (χ2v) is 3.02. The molecule has 1 saturated heterocycles. The van der Waals surface area contributed by atoms with Crippen LogP contribution in [0.2, 0.25) is 0 Å². The molecule has 5 nitrogen and oxygen atoms in total. The number of carbonyl (C=O) groups is 2. The molecule has 0 bridgehead atoms. The lowest BCUT2D eigenvalue weighted by Crippen LogP contribution is -2.50. The van der Waals surface area contributed by atoms with Crippen LogP contribution in [-0.4, -0.2) is 49.9 Å². The zero-order valence-electron chi connectivity index (χ0n) is 7.80. The van der Waals surface area contributed by atoms with E-state index in [1.807, 2.05) is 0 Å². The Morgan fingerprint density at radius 3 is 3.08 bits per heavy atom. The number of nitrogens with one attached hydrogen (secondary N) is 2. The molecule has 2 amide bonds. The zero-order chi connectivity index (χ0) is 9.68. The summed E-state index contributed by atoms with van der Waals surface area (Å²) in [5.74, 6) is -0.0201. The summed E-state index contributed by atoms with van der Waals surface area (Å²) >= 11 is 0. The molecule has 0 radical (unpaired) electrons. The van der Waals surface area contributed by atoms with Gasteiger partial charge in [0, 0.05) is 26.1 Å². The van der Waals surface area contributed by atoms with E-state index in [-0.39, 0.29) is 18.4 Å². The molecule has 2 N–H and O–H groups in total. The van der Waals surface area contributed by atoms with Gasteiger partial charge in [-0.05, 0) is 7.05 Å². The minimum atomic E-state index is -0.0657. The Kier molecular flexibility index (Phi) is 3.70. The summed E-state index contributed by atoms with van der Waals surface area (Å²) in [6, 6.07) is 0. The maximum atomic E-state index is 11.4. The van der Waals surface area contributed by atoms with Crippen molar-refractivity contribution in [3.05, 3.63) is 0 Å². The molecule has 5 heteroatoms. The lowest BCUT2D eigenvalue weighted by Gasteiger charge is -2.26. The van der Waals surface area contributed by atoms with Crippen LogP contribution in [0.1, 0.15) is 6.42 Å². The maximum Gasteiger partial charge on any atom is 0.239 e. The van der Waals surface area contributed by atoms with Crippen molar-refractivity contribution in [2.75, 3.05) is 33.2 Å². The topological polar surface area (TPSA) is 61.4 Å². The van der Waals surface area contributed by atoms with Crippen molar-refractivity contribution in [3.63, 3.8) is 0 Å². The van der Waals surface area contributed by atoms with E-state index in [0.717, 1.165) is 0 Å². The van der Waals surface area contributed by atoms with Crippen LogP contribution < -0.4 is 10.6 Å². The van der Waals surface area contributed by atoms with Gasteiger partial charge in [-0.25, -0.2) is 0 Å². The molecule has 0 aromatic carbocycles. The van der Waals surface area contributed by atoms with Crippen molar-refractivity contribution in [1.82, 2.24) is 15.5 Å². The minimum absolute atomic E-state index is 0.0456. The zero-order valence-corrected chi connectivity index (χ0v) is 7.80. The van der Waals surface area contributed by atoms with E-state index in [1.54, 1.807) is 11.9 Å². The lowest BCUT2D eigenvalue weighted by atomic mass is 10.3. The number of hydrogen-bond donors (Lipinski definition) is 2. The van der Waals surface area contributed by atoms with Gasteiger partial charge in [0.15, 0.2) is 0 Å². The summed E-state index contributed by atoms with van der Waals surface area (Å²) in [7, 11) is 1.80. The summed E-state index contributed by atoms with van der Waals surface area (Å²) in [5.41, 5.74) is 0. The predicted octanol–water partition coefficient (Wildman–Crippen LogP) is -1.45. The molecule has 1 heterocycles. The molecule has 1 fully saturated rings. The van der Waals surface area contributed by atoms with Crippen molar-refractivity contribution in [1.29, 1.82) is 0 Å². The number of hydrogen-bond acceptors (Lipinski definition) is 3. The Morgan fingerprint density at radius 1 is 1.69 bits per heavy atom. The van der Waals surface area contributed by atoms with Crippen LogP contribution in [0.25, 0.3) is 0 Å². The van der Waals surface area contributed by atoms with E-state index in [2.05, 4.69) is 10.6 Å². The summed E-state index contributed by atoms with van der Waals surface area (Å²) in [4.78, 5) is 23.9. The summed E-state index contributed by atoms with van der Waals surface area (Å²) in [6.07, 6.45) is 0.462. The number of rotatable bonds is 3. The monoisotopic (exact) mass is 185 g/mol. The van der Waals surface area contributed by atoms with Gasteiger partial charge < -0.3 is 15.5 Å². The summed E-state index contributed by atoms with van der Waals surface area (Å²) < 4.78 is 0. The van der Waals surface area contributed by atoms with Gasteiger partial charge in [0.2, 0.25) is 11.8 Å². The molecular weight excluding hydrogens is 170 g/mol. The smallest absolute Gasteiger partial charge is 0.239 e. The third-order valence-corrected chi connectivity index (χ3v) is 1.98. The summed E-state index contributed by atoms with van der Waals surface area (Å²) in [5, 5.41) is 5.58. The number of piperazine rings is 1. The van der Waals surface area contributed by atoms with E-state index in [9.17, 15) is 9.59 Å². The Bertz CT molecular complexity index is 206. The lowest BCUT2D eigenvalue weighted by molar-refractivity contribution is -0.138. The Labute approximate surface area is 77.5 Å². The van der Waals surface area contributed by atoms with Crippen molar-refractivity contribution < 1.29 is 9.59 Å². The normalized spacial score (nSPS) is 17.0. The molecular formula is C8H15N3O2. The van der Waals surface area contributed by atoms with E-state index >= 15 is 0 Å². The molecule has 1 rings (SSSR count). The fraction of sp³-hybridized carbons (Fsp3) is 0.750. The Hall–Kier alpha value is -1.10. The second kappa shape index (κ2) is 4.81. The largest absolute Gasteiger partial charge is 0.353 e. The molecule has 0 atom stereocenters. The van der Waals surface area contributed by atoms with Crippen LogP contribution in [0.3, 0.4) is 0 Å². The molecule has 0 unspecified atom stereocenters. The molecule has 1 aliphatic rings. The van der Waals surface area contributed by atoms with Gasteiger partial charge in [0.05, 0.1) is 6.54 Å². The van der Waals surface area contributed by atoms with Gasteiger partial charge in [0.25, 0.3) is 0 Å². The SMILES string of the molecule is CNCCC(=O)N1CCNC(=O)C1. The first-order valence-corrected chi connectivity index (χ1v) is 4.43. The standard InChI is InChI=1S/C8H15N3O2/c1-9-3-2-8(13)11-5-4-10-7(12)6-11/h9H,2-6H2,1H3,(H,10,12). The third-order valence-electron chi connectivity index (χ3n) is 1.98. The van der Waals surface area contributed by atoms with Crippen LogP contribution in [-0.2, 0) is 9.59 Å². The highest BCUT2D eigenvalue weighted by molar-refractivity contribution is 5.85. The first kappa shape index (κ1) is 9.98. The molecule has 0 aliphatic carbocycles. The fourth-order valence-corrected chi connectivity index (χ4v) is 1.24. The highest BCUT2D eigenvalue weighted by Gasteiger charge is 2.19. The number of amides is 2. The van der Waals surface area contributed by atoms with Crippen LogP contribution >= 0.6 is 0 Å². The van der Waals surface area contributed by atoms with Crippen molar-refractivity contribution in [2.24, 2.45) is 0 Å². The van der Waals surface area contributed by atoms with Crippen LogP contribution in [0.5, 0.6) is 0 Å². The second-order valence-electron chi connectivity index (χ2n) is 3.02. The Morgan fingerprint density at radius 2 is 2.46 bits per heavy atom. The van der Waals surface area contributed by atoms with E-state index in [1.165, 1.54) is 0 Å². The van der Waals surface area contributed by atoms with E-state index in [0.29, 0.717) is 26.1 Å². The molecule has 74 valence electrons. The van der Waals surface area contributed by atoms with Gasteiger partial charge in [-0.2, -0.15) is 0 Å². The maximum absolute atomic E-state index is 11.4. The quantitative estimate of drug-likeness (QED) is 0.566. The fourth-order valence-electron chi connectivity index (χ4n) is 1.24. The van der Waals surface area contributed by atoms with E-state index in [4.69, 9.17) is 0 Å². The molecule has 0 aromatic rings. The average Bonchev–Trinajstić information content (AvgIpc) is 2.14. The highest BCUT2D eigenvalue weighted by atomic mass is 16.2. The molecule has 13 heavy (non-hydrogen) atoms. The number of nitrogens with zero attached hydrogens (tertiary/aromatic N) is 1. The molecule has 0 aromatic heterocycles. The predicted molar refractivity (Wildman–Crippen MR) is 48.1 cm³/mol. The van der Waals surface area contributed by atoms with Crippen molar-refractivity contribution in [3.8, 4) is 0 Å². The summed E-state index contributed by atoms with van der Waals surface area (Å²) in [6.45, 7) is 2.08. The van der Waals surface area contributed by atoms with Crippen LogP contribution in [0.15, 0.2) is 0 Å². The molecule has 1 aliphatic heterocycles. The van der Waals surface area contributed by atoms with Gasteiger partial charge in [0.1, 0.15) is 0 Å². The van der Waals surface area contributed by atoms with Crippen molar-refractivity contribution in [2.45, 2.75) is 6.42 Å². The molecule has 0 spiro atoms. The highest BCUT2D eigenvalue weighted by Crippen LogP contribution is 1.96.